The van der Waals surface area contributed by atoms with Gasteiger partial charge in [-0.15, -0.1) is 0 Å². The van der Waals surface area contributed by atoms with Gasteiger partial charge in [0.2, 0.25) is 6.10 Å². The number of hydrogen-bond donors (Lipinski definition) is 2. The van der Waals surface area contributed by atoms with Crippen molar-refractivity contribution < 1.29 is 24.3 Å². The molecule has 2 rings (SSSR count). The van der Waals surface area contributed by atoms with E-state index in [1.165, 1.54) is 0 Å². The Hall–Kier alpha value is -1.63. The third-order valence-corrected chi connectivity index (χ3v) is 2.80. The summed E-state index contributed by atoms with van der Waals surface area (Å²) in [4.78, 5) is 27.0. The van der Waals surface area contributed by atoms with E-state index in [1.54, 1.807) is 0 Å². The van der Waals surface area contributed by atoms with E-state index in [-0.39, 0.29) is 18.0 Å². The summed E-state index contributed by atoms with van der Waals surface area (Å²) in [5, 5.41) is 14.7. The number of carbonyl (C=O) groups is 2. The Morgan fingerprint density at radius 2 is 2.35 bits per heavy atom. The van der Waals surface area contributed by atoms with Gasteiger partial charge < -0.3 is 20.0 Å². The molecule has 0 spiro atoms. The van der Waals surface area contributed by atoms with Crippen LogP contribution in [0.4, 0.5) is 0 Å². The van der Waals surface area contributed by atoms with Crippen molar-refractivity contribution in [3.8, 4) is 0 Å². The first-order valence-electron chi connectivity index (χ1n) is 5.48. The van der Waals surface area contributed by atoms with Gasteiger partial charge >= 0.3 is 5.97 Å². The smallest absolute Gasteiger partial charge is 0.353 e. The summed E-state index contributed by atoms with van der Waals surface area (Å²) in [5.41, 5.74) is -0.116. The number of aliphatic carboxylic acids is 1. The molecule has 2 heterocycles. The van der Waals surface area contributed by atoms with Crippen LogP contribution in [0.15, 0.2) is 5.16 Å². The highest BCUT2D eigenvalue weighted by molar-refractivity contribution is 6.36. The molecular weight excluding hydrogens is 228 g/mol. The first kappa shape index (κ1) is 11.8. The molecule has 2 N–H and O–H groups in total. The molecule has 17 heavy (non-hydrogen) atoms. The Morgan fingerprint density at radius 1 is 1.53 bits per heavy atom. The van der Waals surface area contributed by atoms with E-state index in [4.69, 9.17) is 14.7 Å². The van der Waals surface area contributed by atoms with Gasteiger partial charge in [0.15, 0.2) is 5.71 Å². The first-order valence-corrected chi connectivity index (χ1v) is 5.48. The van der Waals surface area contributed by atoms with Crippen LogP contribution >= 0.6 is 0 Å². The first-order chi connectivity index (χ1) is 8.16. The van der Waals surface area contributed by atoms with Crippen molar-refractivity contribution in [1.82, 2.24) is 5.32 Å². The molecular formula is C10H14N2O5. The molecule has 2 unspecified atom stereocenters. The van der Waals surface area contributed by atoms with Crippen LogP contribution < -0.4 is 5.32 Å². The number of oxime groups is 1. The van der Waals surface area contributed by atoms with Crippen LogP contribution in [0.25, 0.3) is 0 Å². The largest absolute Gasteiger partial charge is 0.477 e. The molecule has 7 heteroatoms. The summed E-state index contributed by atoms with van der Waals surface area (Å²) in [7, 11) is 0. The van der Waals surface area contributed by atoms with Crippen LogP contribution in [0.1, 0.15) is 12.8 Å². The number of amides is 1. The Balaban J connectivity index is 1.72. The predicted molar refractivity (Wildman–Crippen MR) is 56.5 cm³/mol. The summed E-state index contributed by atoms with van der Waals surface area (Å²) < 4.78 is 5.18. The Bertz CT molecular complexity index is 349. The molecule has 0 aliphatic carbocycles. The summed E-state index contributed by atoms with van der Waals surface area (Å²) in [6, 6.07) is 0. The maximum absolute atomic E-state index is 11.6. The summed E-state index contributed by atoms with van der Waals surface area (Å²) >= 11 is 0. The predicted octanol–water partition coefficient (Wildman–Crippen LogP) is -0.631. The average Bonchev–Trinajstić information content (AvgIpc) is 2.96. The fraction of sp³-hybridized carbons (Fsp3) is 0.700. The lowest BCUT2D eigenvalue weighted by Gasteiger charge is -2.12. The van der Waals surface area contributed by atoms with E-state index in [9.17, 15) is 9.59 Å². The molecule has 0 aromatic rings. The number of ether oxygens (including phenoxy) is 1. The molecule has 1 fully saturated rings. The average molecular weight is 242 g/mol. The van der Waals surface area contributed by atoms with Gasteiger partial charge in [0, 0.05) is 25.5 Å². The topological polar surface area (TPSA) is 97.2 Å². The number of nitrogens with one attached hydrogen (secondary N) is 1. The quantitative estimate of drug-likeness (QED) is 0.684. The highest BCUT2D eigenvalue weighted by atomic mass is 16.6. The molecule has 2 atom stereocenters. The van der Waals surface area contributed by atoms with Gasteiger partial charge in [0.1, 0.15) is 0 Å². The van der Waals surface area contributed by atoms with Crippen molar-refractivity contribution in [2.75, 3.05) is 19.8 Å². The number of carboxylic acids is 1. The number of rotatable bonds is 4. The van der Waals surface area contributed by atoms with Gasteiger partial charge in [0.05, 0.1) is 6.61 Å². The second-order valence-electron chi connectivity index (χ2n) is 4.12. The Kier molecular flexibility index (Phi) is 3.58. The molecule has 94 valence electrons. The standard InChI is InChI=1S/C10H14N2O5/c13-9(11-4-6-1-2-16-5-6)8-3-7(10(14)15)12-17-8/h6,8H,1-5H2,(H,11,13)(H,14,15). The molecule has 7 nitrogen and oxygen atoms in total. The van der Waals surface area contributed by atoms with Crippen LogP contribution in [0.5, 0.6) is 0 Å². The van der Waals surface area contributed by atoms with E-state index >= 15 is 0 Å². The summed E-state index contributed by atoms with van der Waals surface area (Å²) in [6.07, 6.45) is 0.133. The van der Waals surface area contributed by atoms with E-state index in [0.717, 1.165) is 13.0 Å². The van der Waals surface area contributed by atoms with Crippen LogP contribution in [-0.2, 0) is 19.2 Å². The lowest BCUT2D eigenvalue weighted by atomic mass is 10.1. The minimum absolute atomic E-state index is 0.0162. The number of carbonyl (C=O) groups excluding carboxylic acids is 1. The van der Waals surface area contributed by atoms with Gasteiger partial charge in [-0.3, -0.25) is 4.79 Å². The molecule has 1 saturated heterocycles. The third kappa shape index (κ3) is 2.94. The normalized spacial score (nSPS) is 27.4. The maximum atomic E-state index is 11.6. The van der Waals surface area contributed by atoms with Crippen molar-refractivity contribution in [3.05, 3.63) is 0 Å². The van der Waals surface area contributed by atoms with Crippen LogP contribution in [0.2, 0.25) is 0 Å². The van der Waals surface area contributed by atoms with Gasteiger partial charge in [-0.25, -0.2) is 4.79 Å². The fourth-order valence-electron chi connectivity index (χ4n) is 1.75. The number of carboxylic acid groups (broad SMARTS) is 1. The van der Waals surface area contributed by atoms with Gasteiger partial charge in [0.25, 0.3) is 5.91 Å². The fourth-order valence-corrected chi connectivity index (χ4v) is 1.75. The molecule has 1 amide bonds. The van der Waals surface area contributed by atoms with Crippen molar-refractivity contribution in [3.63, 3.8) is 0 Å². The second-order valence-corrected chi connectivity index (χ2v) is 4.12. The second kappa shape index (κ2) is 5.13. The van der Waals surface area contributed by atoms with E-state index < -0.39 is 12.1 Å². The van der Waals surface area contributed by atoms with Gasteiger partial charge in [-0.1, -0.05) is 5.16 Å². The molecule has 2 aliphatic heterocycles. The number of nitrogens with zero attached hydrogens (tertiary/aromatic N) is 1. The SMILES string of the molecule is O=C(O)C1=NOC(C(=O)NCC2CCOC2)C1. The molecule has 0 saturated carbocycles. The van der Waals surface area contributed by atoms with E-state index in [2.05, 4.69) is 10.5 Å². The minimum Gasteiger partial charge on any atom is -0.477 e. The van der Waals surface area contributed by atoms with Crippen LogP contribution in [-0.4, -0.2) is 48.6 Å². The summed E-state index contributed by atoms with van der Waals surface area (Å²) in [5.74, 6) is -1.14. The van der Waals surface area contributed by atoms with E-state index in [1.807, 2.05) is 0 Å². The van der Waals surface area contributed by atoms with Crippen LogP contribution in [0, 0.1) is 5.92 Å². The zero-order valence-electron chi connectivity index (χ0n) is 9.22. The van der Waals surface area contributed by atoms with Crippen molar-refractivity contribution in [1.29, 1.82) is 0 Å². The van der Waals surface area contributed by atoms with E-state index in [0.29, 0.717) is 19.1 Å². The van der Waals surface area contributed by atoms with Crippen molar-refractivity contribution in [2.45, 2.75) is 18.9 Å². The zero-order valence-corrected chi connectivity index (χ0v) is 9.22. The Labute approximate surface area is 97.8 Å². The highest BCUT2D eigenvalue weighted by Crippen LogP contribution is 2.13. The lowest BCUT2D eigenvalue weighted by molar-refractivity contribution is -0.131. The maximum Gasteiger partial charge on any atom is 0.353 e. The van der Waals surface area contributed by atoms with Gasteiger partial charge in [-0.2, -0.15) is 0 Å². The van der Waals surface area contributed by atoms with Crippen LogP contribution in [0.3, 0.4) is 0 Å². The molecule has 2 aliphatic rings. The third-order valence-electron chi connectivity index (χ3n) is 2.80. The summed E-state index contributed by atoms with van der Waals surface area (Å²) in [6.45, 7) is 1.91. The van der Waals surface area contributed by atoms with Gasteiger partial charge in [-0.05, 0) is 6.42 Å². The molecule has 0 bridgehead atoms. The highest BCUT2D eigenvalue weighted by Gasteiger charge is 2.31. The minimum atomic E-state index is -1.15. The molecule has 0 radical (unpaired) electrons. The van der Waals surface area contributed by atoms with Crippen molar-refractivity contribution in [2.24, 2.45) is 11.1 Å². The monoisotopic (exact) mass is 242 g/mol. The zero-order chi connectivity index (χ0) is 12.3. The Morgan fingerprint density at radius 3 is 2.94 bits per heavy atom. The number of hydrogen-bond acceptors (Lipinski definition) is 5. The lowest BCUT2D eigenvalue weighted by Crippen LogP contribution is -2.38. The molecule has 0 aromatic heterocycles. The van der Waals surface area contributed by atoms with Crippen molar-refractivity contribution >= 4 is 17.6 Å². The molecule has 0 aromatic carbocycles.